The molecule has 0 aromatic heterocycles. The number of anilines is 1. The van der Waals surface area contributed by atoms with E-state index in [0.29, 0.717) is 23.7 Å². The van der Waals surface area contributed by atoms with Gasteiger partial charge in [-0.05, 0) is 74.2 Å². The average molecular weight is 365 g/mol. The molecule has 0 spiro atoms. The van der Waals surface area contributed by atoms with Crippen LogP contribution in [0.15, 0.2) is 42.5 Å². The first-order valence-electron chi connectivity index (χ1n) is 9.45. The van der Waals surface area contributed by atoms with Crippen LogP contribution in [0.25, 0.3) is 0 Å². The van der Waals surface area contributed by atoms with Gasteiger partial charge in [0.15, 0.2) is 0 Å². The number of nitrogens with two attached hydrogens (primary N) is 1. The van der Waals surface area contributed by atoms with Crippen LogP contribution in [0.4, 0.5) is 5.69 Å². The van der Waals surface area contributed by atoms with Crippen molar-refractivity contribution in [1.29, 1.82) is 0 Å². The molecule has 3 rings (SSSR count). The molecule has 1 fully saturated rings. The van der Waals surface area contributed by atoms with E-state index in [1.165, 1.54) is 16.7 Å². The smallest absolute Gasteiger partial charge is 0.248 e. The minimum atomic E-state index is -0.473. The number of carbonyl (C=O) groups is 2. The number of nitrogens with one attached hydrogen (secondary N) is 1. The first-order chi connectivity index (χ1) is 12.9. The zero-order chi connectivity index (χ0) is 19.4. The van der Waals surface area contributed by atoms with Gasteiger partial charge in [-0.2, -0.15) is 0 Å². The van der Waals surface area contributed by atoms with Crippen LogP contribution in [-0.2, 0) is 4.79 Å². The van der Waals surface area contributed by atoms with E-state index in [1.54, 1.807) is 24.3 Å². The van der Waals surface area contributed by atoms with Gasteiger partial charge in [0.1, 0.15) is 0 Å². The molecule has 1 atom stereocenters. The summed E-state index contributed by atoms with van der Waals surface area (Å²) in [5, 5.41) is 2.89. The second-order valence-corrected chi connectivity index (χ2v) is 7.28. The number of aryl methyl sites for hydroxylation is 2. The van der Waals surface area contributed by atoms with E-state index in [4.69, 9.17) is 5.73 Å². The van der Waals surface area contributed by atoms with E-state index in [1.807, 2.05) is 0 Å². The van der Waals surface area contributed by atoms with Crippen LogP contribution >= 0.6 is 0 Å². The summed E-state index contributed by atoms with van der Waals surface area (Å²) in [7, 11) is 0. The summed E-state index contributed by atoms with van der Waals surface area (Å²) in [4.78, 5) is 25.8. The predicted molar refractivity (Wildman–Crippen MR) is 108 cm³/mol. The highest BCUT2D eigenvalue weighted by atomic mass is 16.2. The lowest BCUT2D eigenvalue weighted by atomic mass is 9.99. The second kappa shape index (κ2) is 8.35. The number of benzene rings is 2. The molecule has 1 heterocycles. The lowest BCUT2D eigenvalue weighted by Crippen LogP contribution is -2.27. The molecule has 5 nitrogen and oxygen atoms in total. The Labute approximate surface area is 160 Å². The molecule has 1 saturated heterocycles. The Bertz CT molecular complexity index is 830. The summed E-state index contributed by atoms with van der Waals surface area (Å²) in [6.45, 7) is 6.04. The first-order valence-corrected chi connectivity index (χ1v) is 9.45. The largest absolute Gasteiger partial charge is 0.366 e. The van der Waals surface area contributed by atoms with Crippen LogP contribution in [0.5, 0.6) is 0 Å². The Hall–Kier alpha value is -2.66. The number of hydrogen-bond donors (Lipinski definition) is 2. The second-order valence-electron chi connectivity index (χ2n) is 7.28. The summed E-state index contributed by atoms with van der Waals surface area (Å²) >= 11 is 0. The van der Waals surface area contributed by atoms with Gasteiger partial charge in [0.2, 0.25) is 11.8 Å². The van der Waals surface area contributed by atoms with Crippen LogP contribution < -0.4 is 11.1 Å². The average Bonchev–Trinajstić information content (AvgIpc) is 3.11. The zero-order valence-electron chi connectivity index (χ0n) is 16.0. The molecule has 0 radical (unpaired) electrons. The van der Waals surface area contributed by atoms with Crippen molar-refractivity contribution in [3.05, 3.63) is 64.7 Å². The quantitative estimate of drug-likeness (QED) is 0.822. The molecule has 1 aliphatic heterocycles. The molecule has 0 bridgehead atoms. The van der Waals surface area contributed by atoms with E-state index in [0.717, 1.165) is 25.9 Å². The lowest BCUT2D eigenvalue weighted by molar-refractivity contribution is -0.116. The standard InChI is InChI=1S/C22H27N3O2/c1-15-5-6-18(14-16(15)2)20-4-3-12-25(20)13-11-21(26)24-19-9-7-17(8-10-19)22(23)27/h5-10,14,20H,3-4,11-13H2,1-2H3,(H2,23,27)(H,24,26). The van der Waals surface area contributed by atoms with Crippen LogP contribution in [0.1, 0.15) is 52.4 Å². The molecular weight excluding hydrogens is 338 g/mol. The number of nitrogens with zero attached hydrogens (tertiary/aromatic N) is 1. The van der Waals surface area contributed by atoms with Gasteiger partial charge in [0, 0.05) is 30.3 Å². The zero-order valence-corrected chi connectivity index (χ0v) is 16.0. The van der Waals surface area contributed by atoms with Crippen molar-refractivity contribution in [1.82, 2.24) is 4.90 Å². The monoisotopic (exact) mass is 365 g/mol. The van der Waals surface area contributed by atoms with Gasteiger partial charge in [-0.3, -0.25) is 14.5 Å². The summed E-state index contributed by atoms with van der Waals surface area (Å²) in [6.07, 6.45) is 2.74. The molecule has 142 valence electrons. The van der Waals surface area contributed by atoms with Crippen LogP contribution in [0.3, 0.4) is 0 Å². The fraction of sp³-hybridized carbons (Fsp3) is 0.364. The fourth-order valence-electron chi connectivity index (χ4n) is 3.63. The van der Waals surface area contributed by atoms with Crippen molar-refractivity contribution < 1.29 is 9.59 Å². The normalized spacial score (nSPS) is 17.0. The summed E-state index contributed by atoms with van der Waals surface area (Å²) in [6, 6.07) is 13.7. The minimum Gasteiger partial charge on any atom is -0.366 e. The molecule has 2 aromatic carbocycles. The maximum atomic E-state index is 12.3. The third-order valence-electron chi connectivity index (χ3n) is 5.36. The number of carbonyl (C=O) groups excluding carboxylic acids is 2. The Morgan fingerprint density at radius 2 is 1.85 bits per heavy atom. The van der Waals surface area contributed by atoms with E-state index in [9.17, 15) is 9.59 Å². The van der Waals surface area contributed by atoms with E-state index < -0.39 is 5.91 Å². The fourth-order valence-corrected chi connectivity index (χ4v) is 3.63. The van der Waals surface area contributed by atoms with Gasteiger partial charge < -0.3 is 11.1 Å². The van der Waals surface area contributed by atoms with Crippen molar-refractivity contribution in [2.24, 2.45) is 5.73 Å². The number of hydrogen-bond acceptors (Lipinski definition) is 3. The predicted octanol–water partition coefficient (Wildman–Crippen LogP) is 3.57. The Morgan fingerprint density at radius 3 is 2.52 bits per heavy atom. The highest BCUT2D eigenvalue weighted by molar-refractivity contribution is 5.94. The van der Waals surface area contributed by atoms with Crippen molar-refractivity contribution in [3.8, 4) is 0 Å². The van der Waals surface area contributed by atoms with Gasteiger partial charge in [-0.25, -0.2) is 0 Å². The van der Waals surface area contributed by atoms with E-state index in [2.05, 4.69) is 42.3 Å². The number of amides is 2. The summed E-state index contributed by atoms with van der Waals surface area (Å²) < 4.78 is 0. The van der Waals surface area contributed by atoms with Crippen LogP contribution in [0, 0.1) is 13.8 Å². The third-order valence-corrected chi connectivity index (χ3v) is 5.36. The van der Waals surface area contributed by atoms with Crippen molar-refractivity contribution >= 4 is 17.5 Å². The maximum absolute atomic E-state index is 12.3. The molecule has 2 amide bonds. The lowest BCUT2D eigenvalue weighted by Gasteiger charge is -2.25. The molecular formula is C22H27N3O2. The topological polar surface area (TPSA) is 75.4 Å². The molecule has 0 aliphatic carbocycles. The molecule has 0 saturated carbocycles. The summed E-state index contributed by atoms with van der Waals surface area (Å²) in [5.74, 6) is -0.494. The Balaban J connectivity index is 1.55. The first kappa shape index (κ1) is 19.1. The number of rotatable bonds is 6. The Morgan fingerprint density at radius 1 is 1.11 bits per heavy atom. The van der Waals surface area contributed by atoms with Gasteiger partial charge >= 0.3 is 0 Å². The van der Waals surface area contributed by atoms with Crippen molar-refractivity contribution in [3.63, 3.8) is 0 Å². The van der Waals surface area contributed by atoms with E-state index >= 15 is 0 Å². The minimum absolute atomic E-state index is 0.0208. The molecule has 27 heavy (non-hydrogen) atoms. The van der Waals surface area contributed by atoms with Crippen molar-refractivity contribution in [2.75, 3.05) is 18.4 Å². The molecule has 3 N–H and O–H groups in total. The number of primary amides is 1. The molecule has 1 unspecified atom stereocenters. The van der Waals surface area contributed by atoms with Gasteiger partial charge in [-0.1, -0.05) is 18.2 Å². The van der Waals surface area contributed by atoms with E-state index in [-0.39, 0.29) is 5.91 Å². The molecule has 5 heteroatoms. The highest BCUT2D eigenvalue weighted by Gasteiger charge is 2.26. The van der Waals surface area contributed by atoms with Gasteiger partial charge in [-0.15, -0.1) is 0 Å². The summed E-state index contributed by atoms with van der Waals surface area (Å²) in [5.41, 5.74) is 10.3. The van der Waals surface area contributed by atoms with Gasteiger partial charge in [0.25, 0.3) is 0 Å². The van der Waals surface area contributed by atoms with Crippen LogP contribution in [-0.4, -0.2) is 29.8 Å². The molecule has 2 aromatic rings. The SMILES string of the molecule is Cc1ccc(C2CCCN2CCC(=O)Nc2ccc(C(N)=O)cc2)cc1C. The Kier molecular flexibility index (Phi) is 5.91. The maximum Gasteiger partial charge on any atom is 0.248 e. The third kappa shape index (κ3) is 4.74. The van der Waals surface area contributed by atoms with Gasteiger partial charge in [0.05, 0.1) is 0 Å². The highest BCUT2D eigenvalue weighted by Crippen LogP contribution is 2.32. The van der Waals surface area contributed by atoms with Crippen molar-refractivity contribution in [2.45, 2.75) is 39.2 Å². The van der Waals surface area contributed by atoms with Crippen LogP contribution in [0.2, 0.25) is 0 Å². The number of likely N-dealkylation sites (tertiary alicyclic amines) is 1. The molecule has 1 aliphatic rings.